The van der Waals surface area contributed by atoms with E-state index in [1.165, 1.54) is 45.2 Å². The highest BCUT2D eigenvalue weighted by atomic mass is 32.1. The van der Waals surface area contributed by atoms with Crippen LogP contribution in [0.5, 0.6) is 11.5 Å². The summed E-state index contributed by atoms with van der Waals surface area (Å²) < 4.78 is 11.3. The number of hydrogen-bond acceptors (Lipinski definition) is 7. The minimum absolute atomic E-state index is 0.601. The number of aromatic nitrogens is 2. The average molecular weight is 387 g/mol. The first-order valence-corrected chi connectivity index (χ1v) is 10.9. The zero-order valence-electron chi connectivity index (χ0n) is 15.6. The number of anilines is 1. The fourth-order valence-electron chi connectivity index (χ4n) is 4.34. The van der Waals surface area contributed by atoms with Gasteiger partial charge in [0.25, 0.3) is 0 Å². The number of piperidine rings is 2. The molecule has 0 unspecified atom stereocenters. The molecule has 2 saturated heterocycles. The number of hydrogen-bond donors (Lipinski definition) is 0. The smallest absolute Gasteiger partial charge is 0.208 e. The van der Waals surface area contributed by atoms with Gasteiger partial charge >= 0.3 is 0 Å². The summed E-state index contributed by atoms with van der Waals surface area (Å²) in [4.78, 5) is 5.11. The van der Waals surface area contributed by atoms with Gasteiger partial charge in [-0.2, -0.15) is 0 Å². The van der Waals surface area contributed by atoms with E-state index in [1.54, 1.807) is 11.3 Å². The van der Waals surface area contributed by atoms with Crippen LogP contribution >= 0.6 is 11.3 Å². The third kappa shape index (κ3) is 3.62. The van der Waals surface area contributed by atoms with Crippen LogP contribution in [0.1, 0.15) is 32.1 Å². The quantitative estimate of drug-likeness (QED) is 0.806. The molecule has 1 aromatic carbocycles. The highest BCUT2D eigenvalue weighted by Gasteiger charge is 2.27. The van der Waals surface area contributed by atoms with Gasteiger partial charge < -0.3 is 19.3 Å². The van der Waals surface area contributed by atoms with E-state index in [9.17, 15) is 0 Å². The Bertz CT molecular complexity index is 782. The molecule has 0 bridgehead atoms. The molecule has 0 amide bonds. The zero-order valence-corrected chi connectivity index (χ0v) is 16.4. The summed E-state index contributed by atoms with van der Waals surface area (Å²) in [5, 5.41) is 10.9. The predicted octanol–water partition coefficient (Wildman–Crippen LogP) is 3.43. The van der Waals surface area contributed by atoms with Crippen LogP contribution in [-0.4, -0.2) is 60.5 Å². The molecular weight excluding hydrogens is 360 g/mol. The Hall–Kier alpha value is -1.86. The van der Waals surface area contributed by atoms with Crippen molar-refractivity contribution in [1.82, 2.24) is 15.1 Å². The third-order valence-corrected chi connectivity index (χ3v) is 6.88. The molecule has 7 heteroatoms. The Kier molecular flexibility index (Phi) is 4.88. The maximum absolute atomic E-state index is 5.69. The van der Waals surface area contributed by atoms with Gasteiger partial charge in [0.05, 0.1) is 0 Å². The lowest BCUT2D eigenvalue weighted by atomic mass is 10.0. The Morgan fingerprint density at radius 3 is 2.48 bits per heavy atom. The van der Waals surface area contributed by atoms with Crippen molar-refractivity contribution in [1.29, 1.82) is 0 Å². The second kappa shape index (κ2) is 7.64. The number of ether oxygens (including phenoxy) is 2. The SMILES string of the molecule is c1cc2c(cc1-c1nnc(N3CCC(N4CCCCC4)CC3)s1)OCCO2. The van der Waals surface area contributed by atoms with Gasteiger partial charge in [0.2, 0.25) is 5.13 Å². The van der Waals surface area contributed by atoms with Gasteiger partial charge in [-0.15, -0.1) is 10.2 Å². The van der Waals surface area contributed by atoms with Crippen LogP contribution in [-0.2, 0) is 0 Å². The summed E-state index contributed by atoms with van der Waals surface area (Å²) in [5.74, 6) is 1.62. The summed E-state index contributed by atoms with van der Waals surface area (Å²) in [6, 6.07) is 6.78. The van der Waals surface area contributed by atoms with Crippen molar-refractivity contribution in [2.75, 3.05) is 44.3 Å². The van der Waals surface area contributed by atoms with Gasteiger partial charge in [-0.3, -0.25) is 0 Å². The van der Waals surface area contributed by atoms with Crippen LogP contribution in [0.4, 0.5) is 5.13 Å². The normalized spacial score (nSPS) is 21.4. The van der Waals surface area contributed by atoms with Crippen molar-refractivity contribution in [3.05, 3.63) is 18.2 Å². The lowest BCUT2D eigenvalue weighted by Gasteiger charge is -2.40. The van der Waals surface area contributed by atoms with Crippen molar-refractivity contribution in [3.8, 4) is 22.1 Å². The number of nitrogens with zero attached hydrogens (tertiary/aromatic N) is 4. The monoisotopic (exact) mass is 386 g/mol. The van der Waals surface area contributed by atoms with Crippen LogP contribution in [0, 0.1) is 0 Å². The molecule has 2 aromatic rings. The van der Waals surface area contributed by atoms with Crippen molar-refractivity contribution < 1.29 is 9.47 Å². The first-order chi connectivity index (χ1) is 13.4. The molecule has 3 aliphatic rings. The van der Waals surface area contributed by atoms with Gasteiger partial charge in [-0.1, -0.05) is 17.8 Å². The summed E-state index contributed by atoms with van der Waals surface area (Å²) in [6.45, 7) is 5.95. The number of fused-ring (bicyclic) bond motifs is 1. The first-order valence-electron chi connectivity index (χ1n) is 10.1. The topological polar surface area (TPSA) is 50.7 Å². The van der Waals surface area contributed by atoms with Crippen molar-refractivity contribution in [3.63, 3.8) is 0 Å². The molecule has 144 valence electrons. The summed E-state index contributed by atoms with van der Waals surface area (Å²) in [6.07, 6.45) is 6.62. The molecule has 4 heterocycles. The van der Waals surface area contributed by atoms with E-state index in [-0.39, 0.29) is 0 Å². The maximum atomic E-state index is 5.69. The third-order valence-electron chi connectivity index (χ3n) is 5.85. The summed E-state index contributed by atoms with van der Waals surface area (Å²) in [5.41, 5.74) is 1.05. The molecule has 1 aromatic heterocycles. The molecule has 0 atom stereocenters. The number of rotatable bonds is 3. The van der Waals surface area contributed by atoms with Gasteiger partial charge in [0.15, 0.2) is 11.5 Å². The van der Waals surface area contributed by atoms with Gasteiger partial charge in [0, 0.05) is 24.7 Å². The molecule has 0 N–H and O–H groups in total. The van der Waals surface area contributed by atoms with Crippen molar-refractivity contribution >= 4 is 16.5 Å². The molecular formula is C20H26N4O2S. The Morgan fingerprint density at radius 2 is 1.67 bits per heavy atom. The Morgan fingerprint density at radius 1 is 0.889 bits per heavy atom. The van der Waals surface area contributed by atoms with Crippen LogP contribution in [0.2, 0.25) is 0 Å². The minimum atomic E-state index is 0.601. The molecule has 0 saturated carbocycles. The van der Waals surface area contributed by atoms with Gasteiger partial charge in [-0.25, -0.2) is 0 Å². The lowest BCUT2D eigenvalue weighted by molar-refractivity contribution is 0.141. The highest BCUT2D eigenvalue weighted by molar-refractivity contribution is 7.18. The Balaban J connectivity index is 1.25. The van der Waals surface area contributed by atoms with E-state index in [1.807, 2.05) is 18.2 Å². The van der Waals surface area contributed by atoms with E-state index in [4.69, 9.17) is 9.47 Å². The first kappa shape index (κ1) is 17.3. The molecule has 0 spiro atoms. The van der Waals surface area contributed by atoms with Crippen molar-refractivity contribution in [2.24, 2.45) is 0 Å². The fraction of sp³-hybridized carbons (Fsp3) is 0.600. The van der Waals surface area contributed by atoms with Crippen LogP contribution in [0.25, 0.3) is 10.6 Å². The zero-order chi connectivity index (χ0) is 18.1. The van der Waals surface area contributed by atoms with Crippen LogP contribution < -0.4 is 14.4 Å². The molecule has 27 heavy (non-hydrogen) atoms. The van der Waals surface area contributed by atoms with Gasteiger partial charge in [0.1, 0.15) is 18.2 Å². The second-order valence-electron chi connectivity index (χ2n) is 7.56. The van der Waals surface area contributed by atoms with Crippen LogP contribution in [0.3, 0.4) is 0 Å². The highest BCUT2D eigenvalue weighted by Crippen LogP contribution is 2.37. The molecule has 0 radical (unpaired) electrons. The average Bonchev–Trinajstić information content (AvgIpc) is 3.24. The summed E-state index contributed by atoms with van der Waals surface area (Å²) >= 11 is 1.67. The second-order valence-corrected chi connectivity index (χ2v) is 8.52. The number of benzene rings is 1. The van der Waals surface area contributed by atoms with Crippen molar-refractivity contribution in [2.45, 2.75) is 38.1 Å². The summed E-state index contributed by atoms with van der Waals surface area (Å²) in [7, 11) is 0. The lowest BCUT2D eigenvalue weighted by Crippen LogP contribution is -2.46. The van der Waals surface area contributed by atoms with E-state index in [0.29, 0.717) is 13.2 Å². The molecule has 3 aliphatic heterocycles. The number of likely N-dealkylation sites (tertiary alicyclic amines) is 1. The van der Waals surface area contributed by atoms with E-state index in [2.05, 4.69) is 20.0 Å². The maximum Gasteiger partial charge on any atom is 0.208 e. The van der Waals surface area contributed by atoms with E-state index < -0.39 is 0 Å². The van der Waals surface area contributed by atoms with E-state index in [0.717, 1.165) is 46.3 Å². The minimum Gasteiger partial charge on any atom is -0.486 e. The van der Waals surface area contributed by atoms with E-state index >= 15 is 0 Å². The Labute approximate surface area is 164 Å². The fourth-order valence-corrected chi connectivity index (χ4v) is 5.23. The predicted molar refractivity (Wildman–Crippen MR) is 107 cm³/mol. The molecule has 0 aliphatic carbocycles. The van der Waals surface area contributed by atoms with Crippen LogP contribution in [0.15, 0.2) is 18.2 Å². The van der Waals surface area contributed by atoms with Gasteiger partial charge in [-0.05, 0) is 57.0 Å². The molecule has 6 nitrogen and oxygen atoms in total. The standard InChI is InChI=1S/C20H26N4O2S/c1-2-8-23(9-3-1)16-6-10-24(11-7-16)20-22-21-19(27-20)15-4-5-17-18(14-15)26-13-12-25-17/h4-5,14,16H,1-3,6-13H2. The molecule has 2 fully saturated rings. The molecule has 5 rings (SSSR count). The largest absolute Gasteiger partial charge is 0.486 e.